The Bertz CT molecular complexity index is 887. The summed E-state index contributed by atoms with van der Waals surface area (Å²) in [4.78, 5) is 17.5. The quantitative estimate of drug-likeness (QED) is 0.752. The molecule has 0 bridgehead atoms. The fraction of sp³-hybridized carbons (Fsp3) is 0.263. The van der Waals surface area contributed by atoms with Crippen molar-refractivity contribution in [1.29, 1.82) is 0 Å². The average molecular weight is 354 g/mol. The highest BCUT2D eigenvalue weighted by Crippen LogP contribution is 2.28. The average Bonchev–Trinajstić information content (AvgIpc) is 3.34. The molecule has 0 radical (unpaired) electrons. The molecule has 0 saturated carbocycles. The summed E-state index contributed by atoms with van der Waals surface area (Å²) in [6.45, 7) is 2.67. The van der Waals surface area contributed by atoms with Crippen molar-refractivity contribution in [2.75, 3.05) is 19.7 Å². The van der Waals surface area contributed by atoms with E-state index in [1.807, 2.05) is 12.1 Å². The number of carbonyl (C=O) groups is 1. The summed E-state index contributed by atoms with van der Waals surface area (Å²) in [6.07, 6.45) is 2.92. The van der Waals surface area contributed by atoms with Gasteiger partial charge in [-0.3, -0.25) is 4.90 Å². The van der Waals surface area contributed by atoms with Crippen LogP contribution in [0.3, 0.4) is 0 Å². The molecule has 7 heteroatoms. The van der Waals surface area contributed by atoms with Crippen LogP contribution in [-0.2, 0) is 11.3 Å². The Morgan fingerprint density at radius 3 is 2.96 bits per heavy atom. The molecule has 0 amide bonds. The largest absolute Gasteiger partial charge is 0.478 e. The number of benzene rings is 1. The standard InChI is InChI=1S/C19H18N2O5/c22-19(23)15-4-2-1-3-14(15)16-6-5-13(26-16)10-21-7-8-24-18(11-21)17-9-20-12-25-17/h1-6,9,12,18H,7-8,10-11H2,(H,22,23). The van der Waals surface area contributed by atoms with Gasteiger partial charge in [0.1, 0.15) is 17.6 Å². The number of hydrogen-bond donors (Lipinski definition) is 1. The first-order chi connectivity index (χ1) is 12.7. The van der Waals surface area contributed by atoms with Crippen molar-refractivity contribution in [3.05, 3.63) is 66.1 Å². The van der Waals surface area contributed by atoms with Crippen LogP contribution in [0.25, 0.3) is 11.3 Å². The number of oxazole rings is 1. The van der Waals surface area contributed by atoms with Crippen LogP contribution in [0.2, 0.25) is 0 Å². The minimum absolute atomic E-state index is 0.145. The fourth-order valence-electron chi connectivity index (χ4n) is 3.12. The van der Waals surface area contributed by atoms with Gasteiger partial charge in [0.25, 0.3) is 0 Å². The normalized spacial score (nSPS) is 18.1. The first-order valence-electron chi connectivity index (χ1n) is 8.34. The van der Waals surface area contributed by atoms with Gasteiger partial charge in [-0.25, -0.2) is 9.78 Å². The van der Waals surface area contributed by atoms with Gasteiger partial charge in [0.2, 0.25) is 0 Å². The SMILES string of the molecule is O=C(O)c1ccccc1-c1ccc(CN2CCOC(c3cnco3)C2)o1. The molecule has 1 aliphatic rings. The molecule has 1 aromatic carbocycles. The van der Waals surface area contributed by atoms with Gasteiger partial charge in [-0.2, -0.15) is 0 Å². The molecule has 3 heterocycles. The number of carboxylic acid groups (broad SMARTS) is 1. The maximum atomic E-state index is 11.4. The highest BCUT2D eigenvalue weighted by atomic mass is 16.5. The molecule has 1 fully saturated rings. The Morgan fingerprint density at radius 1 is 1.27 bits per heavy atom. The number of rotatable bonds is 5. The van der Waals surface area contributed by atoms with Gasteiger partial charge in [-0.15, -0.1) is 0 Å². The lowest BCUT2D eigenvalue weighted by molar-refractivity contribution is -0.0443. The zero-order chi connectivity index (χ0) is 17.9. The summed E-state index contributed by atoms with van der Waals surface area (Å²) in [5.41, 5.74) is 0.804. The molecule has 3 aromatic rings. The molecule has 1 atom stereocenters. The number of carboxylic acids is 1. The lowest BCUT2D eigenvalue weighted by atomic mass is 10.1. The van der Waals surface area contributed by atoms with Gasteiger partial charge >= 0.3 is 5.97 Å². The summed E-state index contributed by atoms with van der Waals surface area (Å²) < 4.78 is 17.0. The molecule has 26 heavy (non-hydrogen) atoms. The van der Waals surface area contributed by atoms with Crippen LogP contribution in [0.5, 0.6) is 0 Å². The Hall–Kier alpha value is -2.90. The van der Waals surface area contributed by atoms with Crippen molar-refractivity contribution in [2.24, 2.45) is 0 Å². The third-order valence-electron chi connectivity index (χ3n) is 4.38. The Balaban J connectivity index is 1.48. The minimum Gasteiger partial charge on any atom is -0.478 e. The maximum Gasteiger partial charge on any atom is 0.336 e. The fourth-order valence-corrected chi connectivity index (χ4v) is 3.12. The van der Waals surface area contributed by atoms with Crippen LogP contribution < -0.4 is 0 Å². The van der Waals surface area contributed by atoms with Crippen LogP contribution in [0.4, 0.5) is 0 Å². The molecule has 1 saturated heterocycles. The van der Waals surface area contributed by atoms with E-state index >= 15 is 0 Å². The van der Waals surface area contributed by atoms with E-state index in [4.69, 9.17) is 13.6 Å². The second-order valence-corrected chi connectivity index (χ2v) is 6.12. The summed E-state index contributed by atoms with van der Waals surface area (Å²) >= 11 is 0. The number of aromatic carboxylic acids is 1. The second kappa shape index (κ2) is 7.15. The molecule has 0 spiro atoms. The van der Waals surface area contributed by atoms with Gasteiger partial charge in [-0.1, -0.05) is 18.2 Å². The van der Waals surface area contributed by atoms with Gasteiger partial charge < -0.3 is 18.7 Å². The summed E-state index contributed by atoms with van der Waals surface area (Å²) in [5, 5.41) is 9.34. The monoisotopic (exact) mass is 354 g/mol. The first-order valence-corrected chi connectivity index (χ1v) is 8.34. The van der Waals surface area contributed by atoms with Crippen molar-refractivity contribution >= 4 is 5.97 Å². The van der Waals surface area contributed by atoms with Crippen molar-refractivity contribution < 1.29 is 23.5 Å². The van der Waals surface area contributed by atoms with E-state index in [1.54, 1.807) is 30.5 Å². The number of morpholine rings is 1. The van der Waals surface area contributed by atoms with E-state index in [0.29, 0.717) is 36.8 Å². The van der Waals surface area contributed by atoms with E-state index in [0.717, 1.165) is 12.3 Å². The summed E-state index contributed by atoms with van der Waals surface area (Å²) in [6, 6.07) is 10.5. The zero-order valence-corrected chi connectivity index (χ0v) is 14.0. The van der Waals surface area contributed by atoms with E-state index in [9.17, 15) is 9.90 Å². The number of ether oxygens (including phenoxy) is 1. The van der Waals surface area contributed by atoms with Crippen molar-refractivity contribution in [2.45, 2.75) is 12.6 Å². The highest BCUT2D eigenvalue weighted by molar-refractivity contribution is 5.95. The highest BCUT2D eigenvalue weighted by Gasteiger charge is 2.25. The van der Waals surface area contributed by atoms with Gasteiger partial charge in [0.15, 0.2) is 12.2 Å². The minimum atomic E-state index is -0.971. The topological polar surface area (TPSA) is 88.9 Å². The molecule has 1 aliphatic heterocycles. The van der Waals surface area contributed by atoms with Crippen LogP contribution in [-0.4, -0.2) is 40.7 Å². The lowest BCUT2D eigenvalue weighted by Gasteiger charge is -2.31. The second-order valence-electron chi connectivity index (χ2n) is 6.12. The molecule has 0 aliphatic carbocycles. The van der Waals surface area contributed by atoms with Crippen LogP contribution in [0.15, 0.2) is 57.8 Å². The number of furan rings is 1. The van der Waals surface area contributed by atoms with E-state index in [2.05, 4.69) is 9.88 Å². The van der Waals surface area contributed by atoms with E-state index in [-0.39, 0.29) is 11.7 Å². The Morgan fingerprint density at radius 2 is 2.15 bits per heavy atom. The number of hydrogen-bond acceptors (Lipinski definition) is 6. The Labute approximate surface area is 149 Å². The van der Waals surface area contributed by atoms with Crippen molar-refractivity contribution in [1.82, 2.24) is 9.88 Å². The van der Waals surface area contributed by atoms with Crippen molar-refractivity contribution in [3.63, 3.8) is 0 Å². The molecule has 2 aromatic heterocycles. The van der Waals surface area contributed by atoms with Crippen LogP contribution >= 0.6 is 0 Å². The molecule has 4 rings (SSSR count). The predicted molar refractivity (Wildman–Crippen MR) is 91.6 cm³/mol. The number of nitrogens with zero attached hydrogens (tertiary/aromatic N) is 2. The van der Waals surface area contributed by atoms with Crippen LogP contribution in [0, 0.1) is 0 Å². The molecule has 7 nitrogen and oxygen atoms in total. The number of aromatic nitrogens is 1. The predicted octanol–water partition coefficient (Wildman–Crippen LogP) is 3.21. The lowest BCUT2D eigenvalue weighted by Crippen LogP contribution is -2.37. The van der Waals surface area contributed by atoms with E-state index < -0.39 is 5.97 Å². The first kappa shape index (κ1) is 16.6. The third-order valence-corrected chi connectivity index (χ3v) is 4.38. The van der Waals surface area contributed by atoms with Crippen LogP contribution in [0.1, 0.15) is 28.0 Å². The van der Waals surface area contributed by atoms with Crippen molar-refractivity contribution in [3.8, 4) is 11.3 Å². The van der Waals surface area contributed by atoms with E-state index in [1.165, 1.54) is 6.39 Å². The van der Waals surface area contributed by atoms with Gasteiger partial charge in [-0.05, 0) is 18.2 Å². The Kier molecular flexibility index (Phi) is 4.55. The third kappa shape index (κ3) is 3.40. The smallest absolute Gasteiger partial charge is 0.336 e. The van der Waals surface area contributed by atoms with Gasteiger partial charge in [0.05, 0.1) is 24.9 Å². The van der Waals surface area contributed by atoms with Gasteiger partial charge in [0, 0.05) is 18.7 Å². The molecular weight excluding hydrogens is 336 g/mol. The molecule has 1 unspecified atom stereocenters. The molecular formula is C19H18N2O5. The zero-order valence-electron chi connectivity index (χ0n) is 14.0. The molecule has 134 valence electrons. The molecule has 1 N–H and O–H groups in total. The summed E-state index contributed by atoms with van der Waals surface area (Å²) in [5.74, 6) is 1.07. The maximum absolute atomic E-state index is 11.4. The summed E-state index contributed by atoms with van der Waals surface area (Å²) in [7, 11) is 0.